The SMILES string of the molecule is COC(=O)CC1[C@H]2CN(C(=O)c3cc4nc(-c5cc(F)c(Cl)c(F)c5)cc(N(CC(C)C)[C@H](C)C(C)C)n4n3)C[C@@H]12. The van der Waals surface area contributed by atoms with Crippen LogP contribution < -0.4 is 4.90 Å². The Balaban J connectivity index is 1.54. The highest BCUT2D eigenvalue weighted by Crippen LogP contribution is 2.53. The fourth-order valence-electron chi connectivity index (χ4n) is 5.90. The van der Waals surface area contributed by atoms with Crippen molar-refractivity contribution < 1.29 is 23.1 Å². The summed E-state index contributed by atoms with van der Waals surface area (Å²) in [5, 5.41) is 4.14. The lowest BCUT2D eigenvalue weighted by Gasteiger charge is -2.35. The van der Waals surface area contributed by atoms with Gasteiger partial charge in [-0.05, 0) is 48.6 Å². The van der Waals surface area contributed by atoms with Gasteiger partial charge >= 0.3 is 5.97 Å². The van der Waals surface area contributed by atoms with Gasteiger partial charge < -0.3 is 14.5 Å². The lowest BCUT2D eigenvalue weighted by atomic mass is 10.0. The van der Waals surface area contributed by atoms with Gasteiger partial charge in [-0.15, -0.1) is 0 Å². The van der Waals surface area contributed by atoms with Crippen LogP contribution in [0.4, 0.5) is 14.6 Å². The Morgan fingerprint density at radius 2 is 1.71 bits per heavy atom. The van der Waals surface area contributed by atoms with Gasteiger partial charge in [0.15, 0.2) is 11.3 Å². The van der Waals surface area contributed by atoms with Crippen LogP contribution >= 0.6 is 11.6 Å². The van der Waals surface area contributed by atoms with Crippen molar-refractivity contribution in [2.24, 2.45) is 29.6 Å². The molecule has 2 aromatic heterocycles. The highest BCUT2D eigenvalue weighted by Gasteiger charge is 2.57. The number of amides is 1. The first-order chi connectivity index (χ1) is 19.4. The summed E-state index contributed by atoms with van der Waals surface area (Å²) in [5.74, 6) is -0.0679. The highest BCUT2D eigenvalue weighted by molar-refractivity contribution is 6.31. The zero-order chi connectivity index (χ0) is 29.7. The topological polar surface area (TPSA) is 80.0 Å². The lowest BCUT2D eigenvalue weighted by Crippen LogP contribution is -2.40. The molecule has 1 saturated heterocycles. The summed E-state index contributed by atoms with van der Waals surface area (Å²) in [7, 11) is 1.39. The highest BCUT2D eigenvalue weighted by atomic mass is 35.5. The van der Waals surface area contributed by atoms with Crippen molar-refractivity contribution >= 4 is 34.9 Å². The molecule has 0 bridgehead atoms. The summed E-state index contributed by atoms with van der Waals surface area (Å²) in [5.41, 5.74) is 1.23. The maximum Gasteiger partial charge on any atom is 0.305 e. The molecular formula is C30H36ClF2N5O3. The molecule has 1 saturated carbocycles. The summed E-state index contributed by atoms with van der Waals surface area (Å²) in [4.78, 5) is 33.9. The molecule has 1 aromatic carbocycles. The maximum absolute atomic E-state index is 14.4. The van der Waals surface area contributed by atoms with Gasteiger partial charge in [-0.25, -0.2) is 13.8 Å². The van der Waals surface area contributed by atoms with Crippen LogP contribution in [0.25, 0.3) is 16.9 Å². The van der Waals surface area contributed by atoms with E-state index in [9.17, 15) is 18.4 Å². The minimum absolute atomic E-state index is 0.0929. The number of anilines is 1. The molecule has 8 nitrogen and oxygen atoms in total. The molecule has 1 aliphatic heterocycles. The average molecular weight is 588 g/mol. The van der Waals surface area contributed by atoms with Crippen LogP contribution in [0.5, 0.6) is 0 Å². The molecule has 1 aliphatic carbocycles. The molecule has 5 rings (SSSR count). The Bertz CT molecular complexity index is 1460. The smallest absolute Gasteiger partial charge is 0.305 e. The number of carbonyl (C=O) groups is 2. The van der Waals surface area contributed by atoms with Crippen LogP contribution in [0.2, 0.25) is 5.02 Å². The van der Waals surface area contributed by atoms with E-state index in [0.717, 1.165) is 12.1 Å². The van der Waals surface area contributed by atoms with Crippen LogP contribution in [0.3, 0.4) is 0 Å². The van der Waals surface area contributed by atoms with E-state index in [4.69, 9.17) is 21.4 Å². The number of esters is 1. The van der Waals surface area contributed by atoms with Gasteiger partial charge in [-0.1, -0.05) is 39.3 Å². The maximum atomic E-state index is 14.4. The van der Waals surface area contributed by atoms with E-state index >= 15 is 0 Å². The number of carbonyl (C=O) groups excluding carboxylic acids is 2. The number of halogens is 3. The number of benzene rings is 1. The Hall–Kier alpha value is -3.27. The third-order valence-electron chi connectivity index (χ3n) is 8.51. The number of piperidine rings is 1. The molecular weight excluding hydrogens is 552 g/mol. The van der Waals surface area contributed by atoms with Crippen molar-refractivity contribution in [1.29, 1.82) is 0 Å². The first kappa shape index (κ1) is 29.2. The number of hydrogen-bond donors (Lipinski definition) is 0. The Morgan fingerprint density at radius 3 is 2.27 bits per heavy atom. The van der Waals surface area contributed by atoms with Crippen molar-refractivity contribution in [2.45, 2.75) is 47.1 Å². The number of methoxy groups -OCH3 is 1. The number of likely N-dealkylation sites (tertiary alicyclic amines) is 1. The minimum Gasteiger partial charge on any atom is -0.469 e. The van der Waals surface area contributed by atoms with E-state index in [2.05, 4.69) is 44.5 Å². The first-order valence-corrected chi connectivity index (χ1v) is 14.5. The summed E-state index contributed by atoms with van der Waals surface area (Å²) >= 11 is 5.74. The fourth-order valence-corrected chi connectivity index (χ4v) is 6.01. The monoisotopic (exact) mass is 587 g/mol. The Morgan fingerprint density at radius 1 is 1.07 bits per heavy atom. The van der Waals surface area contributed by atoms with E-state index in [1.54, 1.807) is 21.5 Å². The minimum atomic E-state index is -0.873. The number of hydrogen-bond acceptors (Lipinski definition) is 6. The average Bonchev–Trinajstić information content (AvgIpc) is 3.27. The number of fused-ring (bicyclic) bond motifs is 2. The number of rotatable bonds is 9. The number of ether oxygens (including phenoxy) is 1. The van der Waals surface area contributed by atoms with Crippen molar-refractivity contribution in [3.63, 3.8) is 0 Å². The van der Waals surface area contributed by atoms with Gasteiger partial charge in [0.05, 0.1) is 12.8 Å². The number of aromatic nitrogens is 3. The molecule has 0 N–H and O–H groups in total. The van der Waals surface area contributed by atoms with E-state index in [1.165, 1.54) is 7.11 Å². The molecule has 11 heteroatoms. The molecule has 220 valence electrons. The standard InChI is InChI=1S/C30H36ClF2N5O3/c1-15(2)12-37(17(5)16(3)4)27-11-24(18-7-22(32)29(31)23(33)8-18)34-26-10-25(35-38(26)27)30(40)36-13-20-19(21(20)14-36)9-28(39)41-6/h7-8,10-11,15-17,19-21H,9,12-14H2,1-6H3/t17-,19?,20-,21+/m1/s1. The van der Waals surface area contributed by atoms with Gasteiger partial charge in [0.25, 0.3) is 5.91 Å². The third kappa shape index (κ3) is 5.63. The van der Waals surface area contributed by atoms with E-state index in [1.807, 2.05) is 0 Å². The summed E-state index contributed by atoms with van der Waals surface area (Å²) in [6.45, 7) is 12.5. The van der Waals surface area contributed by atoms with Crippen molar-refractivity contribution in [1.82, 2.24) is 19.5 Å². The van der Waals surface area contributed by atoms with E-state index in [-0.39, 0.29) is 41.0 Å². The van der Waals surface area contributed by atoms with Crippen molar-refractivity contribution in [3.8, 4) is 11.3 Å². The normalized spacial score (nSPS) is 20.6. The Labute approximate surface area is 243 Å². The summed E-state index contributed by atoms with van der Waals surface area (Å²) in [6, 6.07) is 5.81. The lowest BCUT2D eigenvalue weighted by molar-refractivity contribution is -0.141. The van der Waals surface area contributed by atoms with Crippen LogP contribution in [-0.4, -0.2) is 64.2 Å². The van der Waals surface area contributed by atoms with Gasteiger partial charge in [0, 0.05) is 49.8 Å². The van der Waals surface area contributed by atoms with Crippen LogP contribution in [0.15, 0.2) is 24.3 Å². The predicted molar refractivity (Wildman–Crippen MR) is 153 cm³/mol. The van der Waals surface area contributed by atoms with E-state index in [0.29, 0.717) is 61.0 Å². The van der Waals surface area contributed by atoms with Gasteiger partial charge in [-0.3, -0.25) is 9.59 Å². The molecule has 3 aromatic rings. The molecule has 2 fully saturated rings. The van der Waals surface area contributed by atoms with Crippen molar-refractivity contribution in [2.75, 3.05) is 31.6 Å². The van der Waals surface area contributed by atoms with Crippen LogP contribution in [0.1, 0.15) is 51.5 Å². The molecule has 0 spiro atoms. The number of nitrogens with zero attached hydrogens (tertiary/aromatic N) is 5. The van der Waals surface area contributed by atoms with E-state index < -0.39 is 16.7 Å². The van der Waals surface area contributed by atoms with Gasteiger partial charge in [0.2, 0.25) is 0 Å². The molecule has 1 amide bonds. The second-order valence-electron chi connectivity index (χ2n) is 12.1. The second kappa shape index (κ2) is 11.2. The second-order valence-corrected chi connectivity index (χ2v) is 12.4. The zero-order valence-corrected chi connectivity index (χ0v) is 25.0. The fraction of sp³-hybridized carbons (Fsp3) is 0.533. The molecule has 4 atom stereocenters. The first-order valence-electron chi connectivity index (χ1n) is 14.1. The van der Waals surface area contributed by atoms with Gasteiger partial charge in [-0.2, -0.15) is 9.61 Å². The van der Waals surface area contributed by atoms with Crippen molar-refractivity contribution in [3.05, 3.63) is 46.6 Å². The zero-order valence-electron chi connectivity index (χ0n) is 24.2. The summed E-state index contributed by atoms with van der Waals surface area (Å²) < 4.78 is 35.3. The molecule has 0 radical (unpaired) electrons. The third-order valence-corrected chi connectivity index (χ3v) is 8.87. The predicted octanol–water partition coefficient (Wildman–Crippen LogP) is 5.72. The molecule has 1 unspecified atom stereocenters. The van der Waals surface area contributed by atoms with Gasteiger partial charge in [0.1, 0.15) is 22.5 Å². The largest absolute Gasteiger partial charge is 0.469 e. The molecule has 41 heavy (non-hydrogen) atoms. The quantitative estimate of drug-likeness (QED) is 0.235. The van der Waals surface area contributed by atoms with Crippen LogP contribution in [0, 0.1) is 41.2 Å². The van der Waals surface area contributed by atoms with Crippen LogP contribution in [-0.2, 0) is 9.53 Å². The Kier molecular flexibility index (Phi) is 7.98. The molecule has 3 heterocycles. The molecule has 2 aliphatic rings. The summed E-state index contributed by atoms with van der Waals surface area (Å²) in [6.07, 6.45) is 0.379.